The maximum absolute atomic E-state index is 5.30. The van der Waals surface area contributed by atoms with Crippen LogP contribution in [0.25, 0.3) is 55.3 Å². The second kappa shape index (κ2) is 9.29. The molecule has 0 saturated heterocycles. The second-order valence-corrected chi connectivity index (χ2v) is 10.7. The van der Waals surface area contributed by atoms with Crippen LogP contribution in [0.15, 0.2) is 152 Å². The molecule has 9 aromatic rings. The van der Waals surface area contributed by atoms with Crippen LogP contribution < -0.4 is 4.90 Å². The SMILES string of the molecule is c1ccc(N(c2ccccc2)c2ccc3c(c2)c2ccccc2n3-c2nc3ccccc3c3nc4ccccc4n23)cc1. The molecule has 0 amide bonds. The molecule has 3 heterocycles. The van der Waals surface area contributed by atoms with Gasteiger partial charge >= 0.3 is 0 Å². The maximum Gasteiger partial charge on any atom is 0.221 e. The van der Waals surface area contributed by atoms with Crippen molar-refractivity contribution in [3.05, 3.63) is 152 Å². The van der Waals surface area contributed by atoms with E-state index in [1.165, 1.54) is 5.39 Å². The Morgan fingerprint density at radius 2 is 1.00 bits per heavy atom. The van der Waals surface area contributed by atoms with Gasteiger partial charge in [0.05, 0.1) is 27.6 Å². The van der Waals surface area contributed by atoms with E-state index in [0.717, 1.165) is 67.0 Å². The molecule has 43 heavy (non-hydrogen) atoms. The first-order valence-electron chi connectivity index (χ1n) is 14.4. The van der Waals surface area contributed by atoms with Crippen molar-refractivity contribution in [1.29, 1.82) is 0 Å². The fourth-order valence-corrected chi connectivity index (χ4v) is 6.39. The number of aromatic nitrogens is 4. The normalized spacial score (nSPS) is 11.7. The Morgan fingerprint density at radius 3 is 1.74 bits per heavy atom. The predicted octanol–water partition coefficient (Wildman–Crippen LogP) is 9.60. The van der Waals surface area contributed by atoms with Crippen LogP contribution in [0.3, 0.4) is 0 Å². The van der Waals surface area contributed by atoms with E-state index in [-0.39, 0.29) is 0 Å². The molecule has 5 nitrogen and oxygen atoms in total. The number of imidazole rings is 1. The molecule has 0 fully saturated rings. The molecule has 0 saturated carbocycles. The van der Waals surface area contributed by atoms with Crippen LogP contribution in [-0.4, -0.2) is 18.9 Å². The van der Waals surface area contributed by atoms with E-state index >= 15 is 0 Å². The lowest BCUT2D eigenvalue weighted by Crippen LogP contribution is -2.09. The van der Waals surface area contributed by atoms with E-state index < -0.39 is 0 Å². The van der Waals surface area contributed by atoms with Gasteiger partial charge in [-0.3, -0.25) is 8.97 Å². The molecule has 0 spiro atoms. The predicted molar refractivity (Wildman–Crippen MR) is 177 cm³/mol. The van der Waals surface area contributed by atoms with Gasteiger partial charge in [-0.05, 0) is 72.8 Å². The number of nitrogens with zero attached hydrogens (tertiary/aromatic N) is 5. The Kier molecular flexibility index (Phi) is 5.13. The Morgan fingerprint density at radius 1 is 0.419 bits per heavy atom. The molecule has 3 aromatic heterocycles. The van der Waals surface area contributed by atoms with Gasteiger partial charge < -0.3 is 4.90 Å². The van der Waals surface area contributed by atoms with Gasteiger partial charge in [-0.15, -0.1) is 0 Å². The molecule has 202 valence electrons. The van der Waals surface area contributed by atoms with Gasteiger partial charge in [-0.2, -0.15) is 0 Å². The Balaban J connectivity index is 1.37. The van der Waals surface area contributed by atoms with Gasteiger partial charge in [-0.1, -0.05) is 78.9 Å². The number of hydrogen-bond donors (Lipinski definition) is 0. The Bertz CT molecular complexity index is 2420. The summed E-state index contributed by atoms with van der Waals surface area (Å²) >= 11 is 0. The Hall–Kier alpha value is -5.94. The van der Waals surface area contributed by atoms with E-state index in [1.54, 1.807) is 0 Å². The molecule has 0 N–H and O–H groups in total. The number of benzene rings is 6. The maximum atomic E-state index is 5.30. The molecule has 0 aliphatic carbocycles. The van der Waals surface area contributed by atoms with Gasteiger partial charge in [0.1, 0.15) is 5.65 Å². The molecule has 0 unspecified atom stereocenters. The van der Waals surface area contributed by atoms with E-state index in [1.807, 2.05) is 12.1 Å². The lowest BCUT2D eigenvalue weighted by molar-refractivity contribution is 0.979. The Labute approximate surface area is 247 Å². The summed E-state index contributed by atoms with van der Waals surface area (Å²) in [7, 11) is 0. The monoisotopic (exact) mass is 551 g/mol. The summed E-state index contributed by atoms with van der Waals surface area (Å²) in [5, 5.41) is 3.37. The first-order chi connectivity index (χ1) is 21.3. The van der Waals surface area contributed by atoms with Crippen molar-refractivity contribution >= 4 is 66.5 Å². The third-order valence-corrected chi connectivity index (χ3v) is 8.27. The highest BCUT2D eigenvalue weighted by Gasteiger charge is 2.21. The van der Waals surface area contributed by atoms with E-state index in [9.17, 15) is 0 Å². The standard InChI is InChI=1S/C38H25N5/c1-3-13-26(14-4-1)41(27-15-5-2-6-16-27)28-23-24-35-31(25-28)29-17-8-11-21-34(29)42(35)38-40-32-19-9-7-18-30(32)37-39-33-20-10-12-22-36(33)43(37)38/h1-25H. The molecule has 6 aromatic carbocycles. The molecule has 0 aliphatic heterocycles. The number of anilines is 3. The summed E-state index contributed by atoms with van der Waals surface area (Å²) in [6.45, 7) is 0. The number of fused-ring (bicyclic) bond motifs is 8. The highest BCUT2D eigenvalue weighted by atomic mass is 15.2. The molecule has 5 heteroatoms. The summed E-state index contributed by atoms with van der Waals surface area (Å²) in [5.74, 6) is 0.823. The van der Waals surface area contributed by atoms with Crippen molar-refractivity contribution in [2.75, 3.05) is 4.90 Å². The first kappa shape index (κ1) is 23.7. The summed E-state index contributed by atoms with van der Waals surface area (Å²) in [6, 6.07) is 53.0. The minimum atomic E-state index is 0.823. The minimum Gasteiger partial charge on any atom is -0.310 e. The first-order valence-corrected chi connectivity index (χ1v) is 14.4. The largest absolute Gasteiger partial charge is 0.310 e. The van der Waals surface area contributed by atoms with Crippen molar-refractivity contribution in [2.24, 2.45) is 0 Å². The van der Waals surface area contributed by atoms with Crippen LogP contribution in [-0.2, 0) is 0 Å². The third-order valence-electron chi connectivity index (χ3n) is 8.27. The lowest BCUT2D eigenvalue weighted by Gasteiger charge is -2.25. The van der Waals surface area contributed by atoms with Crippen molar-refractivity contribution in [2.45, 2.75) is 0 Å². The van der Waals surface area contributed by atoms with E-state index in [2.05, 4.69) is 153 Å². The van der Waals surface area contributed by atoms with E-state index in [0.29, 0.717) is 0 Å². The molecule has 0 aliphatic rings. The molecule has 0 radical (unpaired) electrons. The lowest BCUT2D eigenvalue weighted by atomic mass is 10.1. The van der Waals surface area contributed by atoms with Gasteiger partial charge in [0.15, 0.2) is 0 Å². The molecular weight excluding hydrogens is 526 g/mol. The van der Waals surface area contributed by atoms with Crippen LogP contribution in [0.2, 0.25) is 0 Å². The smallest absolute Gasteiger partial charge is 0.221 e. The molecule has 9 rings (SSSR count). The minimum absolute atomic E-state index is 0.823. The fraction of sp³-hybridized carbons (Fsp3) is 0. The summed E-state index contributed by atoms with van der Waals surface area (Å²) < 4.78 is 4.50. The van der Waals surface area contributed by atoms with Crippen LogP contribution in [0.5, 0.6) is 0 Å². The summed E-state index contributed by atoms with van der Waals surface area (Å²) in [6.07, 6.45) is 0. The van der Waals surface area contributed by atoms with Crippen LogP contribution >= 0.6 is 0 Å². The quantitative estimate of drug-likeness (QED) is 0.219. The zero-order valence-electron chi connectivity index (χ0n) is 23.2. The number of hydrogen-bond acceptors (Lipinski definition) is 3. The summed E-state index contributed by atoms with van der Waals surface area (Å²) in [4.78, 5) is 12.7. The molecule has 0 bridgehead atoms. The highest BCUT2D eigenvalue weighted by molar-refractivity contribution is 6.11. The fourth-order valence-electron chi connectivity index (χ4n) is 6.39. The van der Waals surface area contributed by atoms with Crippen LogP contribution in [0, 0.1) is 0 Å². The average Bonchev–Trinajstić information content (AvgIpc) is 3.62. The number of rotatable bonds is 4. The van der Waals surface area contributed by atoms with Crippen LogP contribution in [0.1, 0.15) is 0 Å². The molecular formula is C38H25N5. The topological polar surface area (TPSA) is 38.4 Å². The highest BCUT2D eigenvalue weighted by Crippen LogP contribution is 2.40. The van der Waals surface area contributed by atoms with Crippen LogP contribution in [0.4, 0.5) is 17.1 Å². The number of para-hydroxylation sites is 6. The zero-order valence-corrected chi connectivity index (χ0v) is 23.2. The van der Waals surface area contributed by atoms with Crippen molar-refractivity contribution < 1.29 is 0 Å². The van der Waals surface area contributed by atoms with Gasteiger partial charge in [0, 0.05) is 33.2 Å². The van der Waals surface area contributed by atoms with Crippen molar-refractivity contribution in [1.82, 2.24) is 18.9 Å². The van der Waals surface area contributed by atoms with Crippen molar-refractivity contribution in [3.63, 3.8) is 0 Å². The van der Waals surface area contributed by atoms with Gasteiger partial charge in [-0.25, -0.2) is 9.97 Å². The third kappa shape index (κ3) is 3.58. The molecule has 0 atom stereocenters. The average molecular weight is 552 g/mol. The van der Waals surface area contributed by atoms with Crippen molar-refractivity contribution in [3.8, 4) is 5.95 Å². The van der Waals surface area contributed by atoms with Gasteiger partial charge in [0.25, 0.3) is 0 Å². The zero-order chi connectivity index (χ0) is 28.3. The van der Waals surface area contributed by atoms with Gasteiger partial charge in [0.2, 0.25) is 5.95 Å². The summed E-state index contributed by atoms with van der Waals surface area (Å²) in [5.41, 5.74) is 9.32. The second-order valence-electron chi connectivity index (χ2n) is 10.7. The van der Waals surface area contributed by atoms with E-state index in [4.69, 9.17) is 9.97 Å².